The van der Waals surface area contributed by atoms with E-state index in [1.54, 1.807) is 37.4 Å². The summed E-state index contributed by atoms with van der Waals surface area (Å²) in [4.78, 5) is 14.4. The van der Waals surface area contributed by atoms with E-state index < -0.39 is 11.4 Å². The van der Waals surface area contributed by atoms with Crippen molar-refractivity contribution in [3.05, 3.63) is 65.7 Å². The zero-order valence-corrected chi connectivity index (χ0v) is 17.2. The Morgan fingerprint density at radius 2 is 1.87 bits per heavy atom. The van der Waals surface area contributed by atoms with Gasteiger partial charge in [-0.2, -0.15) is 0 Å². The smallest absolute Gasteiger partial charge is 0.234 e. The number of likely N-dealkylation sites (tertiary alicyclic amines) is 1. The molecule has 1 fully saturated rings. The van der Waals surface area contributed by atoms with Crippen molar-refractivity contribution in [3.8, 4) is 5.75 Å². The molecule has 2 aromatic carbocycles. The summed E-state index contributed by atoms with van der Waals surface area (Å²) in [6.07, 6.45) is 2.30. The van der Waals surface area contributed by atoms with E-state index in [1.165, 1.54) is 18.2 Å². The predicted octanol–water partition coefficient (Wildman–Crippen LogP) is 3.53. The fourth-order valence-corrected chi connectivity index (χ4v) is 3.62. The highest BCUT2D eigenvalue weighted by Crippen LogP contribution is 2.28. The molecule has 0 aliphatic carbocycles. The van der Waals surface area contributed by atoms with E-state index in [4.69, 9.17) is 9.47 Å². The van der Waals surface area contributed by atoms with Crippen molar-refractivity contribution in [1.29, 1.82) is 0 Å². The van der Waals surface area contributed by atoms with Crippen LogP contribution in [0.5, 0.6) is 5.75 Å². The number of carbonyl (C=O) groups is 1. The molecule has 1 atom stereocenters. The van der Waals surface area contributed by atoms with E-state index in [1.807, 2.05) is 0 Å². The maximum absolute atomic E-state index is 13.8. The second-order valence-corrected chi connectivity index (χ2v) is 7.64. The van der Waals surface area contributed by atoms with Crippen LogP contribution < -0.4 is 10.1 Å². The Morgan fingerprint density at radius 3 is 2.60 bits per heavy atom. The number of rotatable bonds is 8. The molecule has 2 aromatic rings. The fourth-order valence-electron chi connectivity index (χ4n) is 3.62. The van der Waals surface area contributed by atoms with Crippen LogP contribution in [0.2, 0.25) is 0 Å². The first kappa shape index (κ1) is 22.2. The highest BCUT2D eigenvalue weighted by molar-refractivity contribution is 5.78. The molecule has 1 aliphatic heterocycles. The number of carbonyl (C=O) groups excluding carboxylic acids is 1. The minimum Gasteiger partial charge on any atom is -0.488 e. The molecule has 7 heteroatoms. The number of hydrogen-bond acceptors (Lipinski definition) is 4. The zero-order valence-electron chi connectivity index (χ0n) is 17.2. The van der Waals surface area contributed by atoms with Gasteiger partial charge in [0.2, 0.25) is 5.91 Å². The first-order chi connectivity index (χ1) is 14.5. The summed E-state index contributed by atoms with van der Waals surface area (Å²) in [7, 11) is 1.65. The van der Waals surface area contributed by atoms with Gasteiger partial charge < -0.3 is 14.8 Å². The number of amides is 1. The van der Waals surface area contributed by atoms with E-state index in [-0.39, 0.29) is 30.6 Å². The molecule has 1 N–H and O–H groups in total. The molecule has 30 heavy (non-hydrogen) atoms. The number of nitrogens with zero attached hydrogens (tertiary/aromatic N) is 1. The van der Waals surface area contributed by atoms with Crippen LogP contribution in [0.25, 0.3) is 0 Å². The SMILES string of the molecule is CO[C@]1(COc2ccccc2F)CCCN(CC(=O)NCc2ccc(F)cc2)CC1. The Bertz CT molecular complexity index is 831. The van der Waals surface area contributed by atoms with E-state index in [0.717, 1.165) is 24.9 Å². The van der Waals surface area contributed by atoms with Crippen LogP contribution >= 0.6 is 0 Å². The van der Waals surface area contributed by atoms with Crippen LogP contribution in [0, 0.1) is 11.6 Å². The highest BCUT2D eigenvalue weighted by atomic mass is 19.1. The minimum absolute atomic E-state index is 0.0770. The first-order valence-corrected chi connectivity index (χ1v) is 10.2. The Labute approximate surface area is 176 Å². The summed E-state index contributed by atoms with van der Waals surface area (Å²) in [6, 6.07) is 12.4. The quantitative estimate of drug-likeness (QED) is 0.713. The lowest BCUT2D eigenvalue weighted by atomic mass is 9.95. The average molecular weight is 418 g/mol. The lowest BCUT2D eigenvalue weighted by Crippen LogP contribution is -2.41. The van der Waals surface area contributed by atoms with Gasteiger partial charge in [-0.25, -0.2) is 8.78 Å². The van der Waals surface area contributed by atoms with Gasteiger partial charge in [0.15, 0.2) is 11.6 Å². The van der Waals surface area contributed by atoms with Crippen LogP contribution in [-0.2, 0) is 16.1 Å². The number of methoxy groups -OCH3 is 1. The standard InChI is InChI=1S/C23H28F2N2O3/c1-29-23(17-30-21-6-3-2-5-20(21)25)11-4-13-27(14-12-23)16-22(28)26-15-18-7-9-19(24)10-8-18/h2-3,5-10H,4,11-17H2,1H3,(H,26,28)/t23-/m1/s1. The summed E-state index contributed by atoms with van der Waals surface area (Å²) in [6.45, 7) is 2.36. The summed E-state index contributed by atoms with van der Waals surface area (Å²) < 4.78 is 38.3. The third-order valence-corrected chi connectivity index (χ3v) is 5.52. The number of benzene rings is 2. The molecule has 0 bridgehead atoms. The van der Waals surface area contributed by atoms with Crippen LogP contribution in [0.4, 0.5) is 8.78 Å². The Balaban J connectivity index is 1.48. The van der Waals surface area contributed by atoms with Crippen molar-refractivity contribution < 1.29 is 23.0 Å². The second kappa shape index (κ2) is 10.5. The van der Waals surface area contributed by atoms with Gasteiger partial charge >= 0.3 is 0 Å². The highest BCUT2D eigenvalue weighted by Gasteiger charge is 2.34. The molecule has 1 heterocycles. The van der Waals surface area contributed by atoms with Crippen LogP contribution in [-0.4, -0.2) is 49.8 Å². The lowest BCUT2D eigenvalue weighted by molar-refractivity contribution is -0.122. The largest absolute Gasteiger partial charge is 0.488 e. The average Bonchev–Trinajstić information content (AvgIpc) is 2.95. The van der Waals surface area contributed by atoms with E-state index in [9.17, 15) is 13.6 Å². The summed E-state index contributed by atoms with van der Waals surface area (Å²) in [5, 5.41) is 2.87. The summed E-state index contributed by atoms with van der Waals surface area (Å²) >= 11 is 0. The van der Waals surface area contributed by atoms with Crippen LogP contribution in [0.3, 0.4) is 0 Å². The van der Waals surface area contributed by atoms with Gasteiger partial charge in [0, 0.05) is 20.2 Å². The summed E-state index contributed by atoms with van der Waals surface area (Å²) in [5.41, 5.74) is 0.339. The minimum atomic E-state index is -0.512. The maximum Gasteiger partial charge on any atom is 0.234 e. The van der Waals surface area contributed by atoms with Crippen molar-refractivity contribution >= 4 is 5.91 Å². The molecule has 0 saturated carbocycles. The third kappa shape index (κ3) is 6.24. The fraction of sp³-hybridized carbons (Fsp3) is 0.435. The van der Waals surface area contributed by atoms with E-state index in [2.05, 4.69) is 10.2 Å². The maximum atomic E-state index is 13.8. The molecule has 3 rings (SSSR count). The van der Waals surface area contributed by atoms with Gasteiger partial charge in [0.25, 0.3) is 0 Å². The molecule has 1 aliphatic rings. The number of hydrogen-bond donors (Lipinski definition) is 1. The van der Waals surface area contributed by atoms with Gasteiger partial charge in [-0.3, -0.25) is 9.69 Å². The van der Waals surface area contributed by atoms with Gasteiger partial charge in [-0.15, -0.1) is 0 Å². The van der Waals surface area contributed by atoms with Crippen molar-refractivity contribution in [3.63, 3.8) is 0 Å². The van der Waals surface area contributed by atoms with Gasteiger partial charge in [0.05, 0.1) is 6.54 Å². The second-order valence-electron chi connectivity index (χ2n) is 7.64. The number of nitrogens with one attached hydrogen (secondary N) is 1. The molecular weight excluding hydrogens is 390 g/mol. The van der Waals surface area contributed by atoms with Crippen molar-refractivity contribution in [2.24, 2.45) is 0 Å². The molecule has 0 unspecified atom stereocenters. The van der Waals surface area contributed by atoms with Crippen LogP contribution in [0.1, 0.15) is 24.8 Å². The molecule has 0 aromatic heterocycles. The lowest BCUT2D eigenvalue weighted by Gasteiger charge is -2.31. The van der Waals surface area contributed by atoms with Crippen molar-refractivity contribution in [2.75, 3.05) is 33.4 Å². The summed E-state index contributed by atoms with van der Waals surface area (Å²) in [5.74, 6) is -0.547. The molecule has 162 valence electrons. The normalized spacial score (nSPS) is 19.8. The van der Waals surface area contributed by atoms with Crippen LogP contribution in [0.15, 0.2) is 48.5 Å². The van der Waals surface area contributed by atoms with Gasteiger partial charge in [-0.05, 0) is 55.6 Å². The Kier molecular flexibility index (Phi) is 7.76. The third-order valence-electron chi connectivity index (χ3n) is 5.52. The van der Waals surface area contributed by atoms with Crippen molar-refractivity contribution in [1.82, 2.24) is 10.2 Å². The Morgan fingerprint density at radius 1 is 1.10 bits per heavy atom. The molecule has 0 radical (unpaired) electrons. The van der Waals surface area contributed by atoms with E-state index >= 15 is 0 Å². The molecular formula is C23H28F2N2O3. The molecule has 1 saturated heterocycles. The van der Waals surface area contributed by atoms with Crippen molar-refractivity contribution in [2.45, 2.75) is 31.4 Å². The molecule has 1 amide bonds. The van der Waals surface area contributed by atoms with Gasteiger partial charge in [-0.1, -0.05) is 24.3 Å². The molecule has 0 spiro atoms. The predicted molar refractivity (Wildman–Crippen MR) is 110 cm³/mol. The zero-order chi connectivity index (χ0) is 21.4. The number of para-hydroxylation sites is 1. The van der Waals surface area contributed by atoms with E-state index in [0.29, 0.717) is 19.5 Å². The Hall–Kier alpha value is -2.51. The number of halogens is 2. The topological polar surface area (TPSA) is 50.8 Å². The number of ether oxygens (including phenoxy) is 2. The monoisotopic (exact) mass is 418 g/mol. The van der Waals surface area contributed by atoms with Gasteiger partial charge in [0.1, 0.15) is 18.0 Å². The molecule has 5 nitrogen and oxygen atoms in total. The first-order valence-electron chi connectivity index (χ1n) is 10.2.